The fourth-order valence-electron chi connectivity index (χ4n) is 4.44. The van der Waals surface area contributed by atoms with Crippen molar-refractivity contribution in [2.45, 2.75) is 86.5 Å². The topological polar surface area (TPSA) is 214 Å². The summed E-state index contributed by atoms with van der Waals surface area (Å²) in [6.07, 6.45) is -3.56. The summed E-state index contributed by atoms with van der Waals surface area (Å²) in [5.41, 5.74) is 22.9. The van der Waals surface area contributed by atoms with Gasteiger partial charge in [-0.05, 0) is 32.9 Å². The van der Waals surface area contributed by atoms with E-state index in [2.05, 4.69) is 5.32 Å². The van der Waals surface area contributed by atoms with Gasteiger partial charge in [0.2, 0.25) is 6.29 Å². The molecule has 3 rings (SSSR count). The van der Waals surface area contributed by atoms with Gasteiger partial charge in [-0.15, -0.1) is 0 Å². The summed E-state index contributed by atoms with van der Waals surface area (Å²) in [4.78, 5) is 0. The average Bonchev–Trinajstić information content (AvgIpc) is 2.71. The maximum atomic E-state index is 11.0. The van der Waals surface area contributed by atoms with Crippen LogP contribution in [0.2, 0.25) is 0 Å². The van der Waals surface area contributed by atoms with Gasteiger partial charge in [-0.1, -0.05) is 0 Å². The van der Waals surface area contributed by atoms with E-state index in [-0.39, 0.29) is 13.2 Å². The van der Waals surface area contributed by atoms with E-state index < -0.39 is 66.8 Å². The molecular weight excluding hydrogens is 410 g/mol. The van der Waals surface area contributed by atoms with Crippen LogP contribution in [0.1, 0.15) is 19.8 Å². The van der Waals surface area contributed by atoms with Crippen molar-refractivity contribution in [1.82, 2.24) is 5.32 Å². The lowest BCUT2D eigenvalue weighted by Crippen LogP contribution is -2.68. The number of hydrogen-bond acceptors (Lipinski definition) is 12. The van der Waals surface area contributed by atoms with E-state index in [9.17, 15) is 15.3 Å². The summed E-state index contributed by atoms with van der Waals surface area (Å²) in [5.74, 6) is 0.555. The van der Waals surface area contributed by atoms with Gasteiger partial charge in [0.15, 0.2) is 6.29 Å². The molecule has 0 aromatic heterocycles. The first-order valence-corrected chi connectivity index (χ1v) is 10.6. The standard InChI is InChI=1S/C19H37N5O7/c1-19(27)7-28-18(13(26)16(19)24-2)31-15-11(23)5-10(22)14(12(15)25)30-17-9(21)4-3-8(6-20)29-17/h3,9-18,24-27H,4-7,20-23H2,1-2H3/t9-,10+,11-,12?,13-,14-,15+,16-,17-,18-,19+/m1/s1. The molecule has 1 unspecified atom stereocenters. The Bertz CT molecular complexity index is 639. The first-order chi connectivity index (χ1) is 14.6. The summed E-state index contributed by atoms with van der Waals surface area (Å²) < 4.78 is 23.1. The quantitative estimate of drug-likeness (QED) is 0.196. The molecule has 12 N–H and O–H groups in total. The SMILES string of the molecule is CN[C@@H]1[C@@H](O)[C@@H](O[C@@H]2C(O)[C@H](O[C@H]3OC(CN)=CC[C@H]3N)[C@@H](N)C[C@H]2N)OC[C@]1(C)O. The molecule has 12 heteroatoms. The average molecular weight is 448 g/mol. The highest BCUT2D eigenvalue weighted by Crippen LogP contribution is 2.31. The number of nitrogens with two attached hydrogens (primary N) is 4. The highest BCUT2D eigenvalue weighted by Gasteiger charge is 2.50. The second kappa shape index (κ2) is 9.93. The fraction of sp³-hybridized carbons (Fsp3) is 0.895. The van der Waals surface area contributed by atoms with Gasteiger partial charge < -0.3 is 62.5 Å². The van der Waals surface area contributed by atoms with Crippen LogP contribution in [0.4, 0.5) is 0 Å². The molecule has 0 aromatic carbocycles. The highest BCUT2D eigenvalue weighted by atomic mass is 16.7. The number of ether oxygens (including phenoxy) is 4. The molecule has 31 heavy (non-hydrogen) atoms. The number of nitrogens with one attached hydrogen (secondary N) is 1. The third-order valence-electron chi connectivity index (χ3n) is 6.22. The molecule has 0 spiro atoms. The van der Waals surface area contributed by atoms with Gasteiger partial charge in [0.05, 0.1) is 25.2 Å². The minimum atomic E-state index is -1.29. The normalized spacial score (nSPS) is 48.7. The summed E-state index contributed by atoms with van der Waals surface area (Å²) in [5, 5.41) is 34.9. The van der Waals surface area contributed by atoms with Crippen molar-refractivity contribution >= 4 is 0 Å². The largest absolute Gasteiger partial charge is 0.467 e. The van der Waals surface area contributed by atoms with E-state index in [1.807, 2.05) is 0 Å². The van der Waals surface area contributed by atoms with Gasteiger partial charge in [-0.3, -0.25) is 0 Å². The van der Waals surface area contributed by atoms with Crippen molar-refractivity contribution in [2.75, 3.05) is 20.2 Å². The first-order valence-electron chi connectivity index (χ1n) is 10.6. The zero-order valence-electron chi connectivity index (χ0n) is 18.0. The number of likely N-dealkylation sites (N-methyl/N-ethyl adjacent to an activating group) is 1. The van der Waals surface area contributed by atoms with Crippen molar-refractivity contribution in [3.63, 3.8) is 0 Å². The molecule has 11 atom stereocenters. The number of rotatable bonds is 6. The van der Waals surface area contributed by atoms with Crippen LogP contribution in [-0.4, -0.2) is 102 Å². The van der Waals surface area contributed by atoms with Crippen LogP contribution in [0.25, 0.3) is 0 Å². The van der Waals surface area contributed by atoms with E-state index >= 15 is 0 Å². The van der Waals surface area contributed by atoms with Crippen molar-refractivity contribution < 1.29 is 34.3 Å². The van der Waals surface area contributed by atoms with E-state index in [1.165, 1.54) is 0 Å². The van der Waals surface area contributed by atoms with Crippen molar-refractivity contribution in [2.24, 2.45) is 22.9 Å². The molecule has 2 fully saturated rings. The van der Waals surface area contributed by atoms with Crippen LogP contribution >= 0.6 is 0 Å². The molecule has 0 bridgehead atoms. The molecule has 0 radical (unpaired) electrons. The molecule has 1 saturated carbocycles. The van der Waals surface area contributed by atoms with E-state index in [0.717, 1.165) is 0 Å². The maximum absolute atomic E-state index is 11.0. The smallest absolute Gasteiger partial charge is 0.215 e. The number of hydrogen-bond donors (Lipinski definition) is 8. The van der Waals surface area contributed by atoms with Gasteiger partial charge in [0.1, 0.15) is 35.8 Å². The molecule has 180 valence electrons. The maximum Gasteiger partial charge on any atom is 0.215 e. The second-order valence-electron chi connectivity index (χ2n) is 8.81. The Morgan fingerprint density at radius 3 is 2.29 bits per heavy atom. The van der Waals surface area contributed by atoms with E-state index in [0.29, 0.717) is 18.6 Å². The van der Waals surface area contributed by atoms with E-state index in [1.54, 1.807) is 20.0 Å². The predicted octanol–water partition coefficient (Wildman–Crippen LogP) is -3.85. The number of aliphatic hydroxyl groups is 3. The zero-order chi connectivity index (χ0) is 22.9. The molecular formula is C19H37N5O7. The molecule has 2 aliphatic heterocycles. The summed E-state index contributed by atoms with van der Waals surface area (Å²) in [7, 11) is 1.62. The molecule has 0 aromatic rings. The van der Waals surface area contributed by atoms with Crippen LogP contribution in [-0.2, 0) is 18.9 Å². The summed E-state index contributed by atoms with van der Waals surface area (Å²) >= 11 is 0. The van der Waals surface area contributed by atoms with Crippen molar-refractivity contribution in [1.29, 1.82) is 0 Å². The predicted molar refractivity (Wildman–Crippen MR) is 110 cm³/mol. The van der Waals surface area contributed by atoms with Gasteiger partial charge in [-0.25, -0.2) is 0 Å². The highest BCUT2D eigenvalue weighted by molar-refractivity contribution is 5.04. The summed E-state index contributed by atoms with van der Waals surface area (Å²) in [6.45, 7) is 1.68. The Balaban J connectivity index is 1.69. The van der Waals surface area contributed by atoms with Crippen LogP contribution in [0, 0.1) is 0 Å². The minimum Gasteiger partial charge on any atom is -0.467 e. The first kappa shape index (κ1) is 24.7. The second-order valence-corrected chi connectivity index (χ2v) is 8.81. The van der Waals surface area contributed by atoms with Crippen LogP contribution in [0.15, 0.2) is 11.8 Å². The Hall–Kier alpha value is -0.900. The molecule has 1 saturated heterocycles. The third-order valence-corrected chi connectivity index (χ3v) is 6.22. The van der Waals surface area contributed by atoms with Gasteiger partial charge in [0.25, 0.3) is 0 Å². The van der Waals surface area contributed by atoms with Crippen LogP contribution < -0.4 is 28.3 Å². The van der Waals surface area contributed by atoms with Gasteiger partial charge >= 0.3 is 0 Å². The Morgan fingerprint density at radius 1 is 1.10 bits per heavy atom. The lowest BCUT2D eigenvalue weighted by atomic mass is 9.84. The Kier molecular flexibility index (Phi) is 7.92. The van der Waals surface area contributed by atoms with Gasteiger partial charge in [-0.2, -0.15) is 0 Å². The molecule has 3 aliphatic rings. The van der Waals surface area contributed by atoms with Crippen LogP contribution in [0.5, 0.6) is 0 Å². The minimum absolute atomic E-state index is 0.0727. The van der Waals surface area contributed by atoms with Gasteiger partial charge in [0, 0.05) is 12.1 Å². The Morgan fingerprint density at radius 2 is 1.71 bits per heavy atom. The van der Waals surface area contributed by atoms with Crippen molar-refractivity contribution in [3.8, 4) is 0 Å². The molecule has 0 amide bonds. The monoisotopic (exact) mass is 447 g/mol. The Labute approximate surface area is 181 Å². The lowest BCUT2D eigenvalue weighted by molar-refractivity contribution is -0.303. The van der Waals surface area contributed by atoms with Crippen LogP contribution in [0.3, 0.4) is 0 Å². The lowest BCUT2D eigenvalue weighted by Gasteiger charge is -2.48. The zero-order valence-corrected chi connectivity index (χ0v) is 18.0. The third kappa shape index (κ3) is 5.20. The molecule has 12 nitrogen and oxygen atoms in total. The summed E-state index contributed by atoms with van der Waals surface area (Å²) in [6, 6.07) is -2.37. The van der Waals surface area contributed by atoms with Crippen molar-refractivity contribution in [3.05, 3.63) is 11.8 Å². The fourth-order valence-corrected chi connectivity index (χ4v) is 4.44. The number of aliphatic hydroxyl groups excluding tert-OH is 2. The molecule has 2 heterocycles. The van der Waals surface area contributed by atoms with E-state index in [4.69, 9.17) is 41.9 Å². The molecule has 1 aliphatic carbocycles.